The zero-order chi connectivity index (χ0) is 9.52. The van der Waals surface area contributed by atoms with E-state index < -0.39 is 0 Å². The number of rotatable bonds is 7. The molecule has 1 aliphatic carbocycles. The second-order valence-electron chi connectivity index (χ2n) is 4.07. The molecule has 0 heterocycles. The molecule has 0 bridgehead atoms. The fourth-order valence-corrected chi connectivity index (χ4v) is 1.62. The van der Waals surface area contributed by atoms with Gasteiger partial charge in [0, 0.05) is 0 Å². The first-order valence-corrected chi connectivity index (χ1v) is 5.67. The van der Waals surface area contributed by atoms with Crippen LogP contribution in [0.25, 0.3) is 0 Å². The van der Waals surface area contributed by atoms with Gasteiger partial charge in [0.1, 0.15) is 0 Å². The van der Waals surface area contributed by atoms with Crippen LogP contribution in [0.3, 0.4) is 0 Å². The highest BCUT2D eigenvalue weighted by atomic mass is 16.3. The molecule has 0 amide bonds. The van der Waals surface area contributed by atoms with Crippen LogP contribution in [0, 0.1) is 5.92 Å². The predicted octanol–water partition coefficient (Wildman–Crippen LogP) is 3.28. The molecule has 0 spiro atoms. The van der Waals surface area contributed by atoms with E-state index >= 15 is 0 Å². The second-order valence-corrected chi connectivity index (χ2v) is 4.07. The molecule has 1 heteroatoms. The van der Waals surface area contributed by atoms with Crippen LogP contribution in [-0.2, 0) is 0 Å². The minimum absolute atomic E-state index is 0.00940. The summed E-state index contributed by atoms with van der Waals surface area (Å²) >= 11 is 0. The maximum Gasteiger partial charge on any atom is 0.0568 e. The van der Waals surface area contributed by atoms with Crippen LogP contribution >= 0.6 is 0 Å². The molecular weight excluding hydrogens is 160 g/mol. The number of hydrogen-bond donors (Lipinski definition) is 1. The van der Waals surface area contributed by atoms with Crippen LogP contribution in [0.15, 0.2) is 12.2 Å². The molecule has 1 fully saturated rings. The van der Waals surface area contributed by atoms with Gasteiger partial charge in [-0.3, -0.25) is 0 Å². The number of hydrogen-bond acceptors (Lipinski definition) is 1. The fraction of sp³-hybridized carbons (Fsp3) is 0.833. The topological polar surface area (TPSA) is 20.2 Å². The summed E-state index contributed by atoms with van der Waals surface area (Å²) in [7, 11) is 0. The molecule has 1 atom stereocenters. The van der Waals surface area contributed by atoms with Crippen LogP contribution in [0.5, 0.6) is 0 Å². The van der Waals surface area contributed by atoms with Crippen LogP contribution in [0.4, 0.5) is 0 Å². The van der Waals surface area contributed by atoms with E-state index in [2.05, 4.69) is 19.1 Å². The molecule has 1 N–H and O–H groups in total. The molecule has 0 aliphatic heterocycles. The first-order chi connectivity index (χ1) is 6.34. The van der Waals surface area contributed by atoms with Crippen molar-refractivity contribution in [3.63, 3.8) is 0 Å². The molecule has 1 nitrogen and oxygen atoms in total. The molecule has 1 saturated carbocycles. The molecule has 0 aromatic rings. The summed E-state index contributed by atoms with van der Waals surface area (Å²) in [5.41, 5.74) is 0. The zero-order valence-electron chi connectivity index (χ0n) is 8.71. The molecule has 1 rings (SSSR count). The van der Waals surface area contributed by atoms with E-state index in [1.165, 1.54) is 32.1 Å². The largest absolute Gasteiger partial charge is 0.393 e. The van der Waals surface area contributed by atoms with Crippen molar-refractivity contribution in [2.24, 2.45) is 5.92 Å². The monoisotopic (exact) mass is 182 g/mol. The Morgan fingerprint density at radius 3 is 2.69 bits per heavy atom. The number of aliphatic hydroxyl groups excluding tert-OH is 1. The van der Waals surface area contributed by atoms with E-state index in [0.29, 0.717) is 5.92 Å². The third-order valence-corrected chi connectivity index (χ3v) is 2.69. The van der Waals surface area contributed by atoms with Gasteiger partial charge in [0.05, 0.1) is 6.10 Å². The molecular formula is C12H22O. The number of unbranched alkanes of at least 4 members (excludes halogenated alkanes) is 2. The van der Waals surface area contributed by atoms with Crippen molar-refractivity contribution in [2.75, 3.05) is 0 Å². The summed E-state index contributed by atoms with van der Waals surface area (Å²) in [4.78, 5) is 0. The third kappa shape index (κ3) is 5.09. The predicted molar refractivity (Wildman–Crippen MR) is 56.6 cm³/mol. The molecule has 13 heavy (non-hydrogen) atoms. The Hall–Kier alpha value is -0.300. The van der Waals surface area contributed by atoms with Crippen molar-refractivity contribution < 1.29 is 5.11 Å². The Morgan fingerprint density at radius 1 is 1.31 bits per heavy atom. The molecule has 0 saturated heterocycles. The lowest BCUT2D eigenvalue weighted by atomic mass is 10.1. The summed E-state index contributed by atoms with van der Waals surface area (Å²) in [5.74, 6) is 0.659. The minimum atomic E-state index is 0.00940. The van der Waals surface area contributed by atoms with E-state index in [1.54, 1.807) is 0 Å². The molecule has 0 aromatic carbocycles. The smallest absolute Gasteiger partial charge is 0.0568 e. The minimum Gasteiger partial charge on any atom is -0.393 e. The SMILES string of the molecule is CC/C=C\CCCCC(O)C1CC1. The van der Waals surface area contributed by atoms with Gasteiger partial charge >= 0.3 is 0 Å². The highest BCUT2D eigenvalue weighted by Gasteiger charge is 2.28. The van der Waals surface area contributed by atoms with Gasteiger partial charge in [0.2, 0.25) is 0 Å². The Labute approximate surface area is 81.9 Å². The maximum absolute atomic E-state index is 9.57. The Bertz CT molecular complexity index is 147. The van der Waals surface area contributed by atoms with Crippen molar-refractivity contribution in [3.05, 3.63) is 12.2 Å². The number of allylic oxidation sites excluding steroid dienone is 2. The zero-order valence-corrected chi connectivity index (χ0v) is 8.71. The van der Waals surface area contributed by atoms with E-state index in [9.17, 15) is 5.11 Å². The normalized spacial score (nSPS) is 19.5. The first kappa shape index (κ1) is 10.8. The third-order valence-electron chi connectivity index (χ3n) is 2.69. The molecule has 0 aromatic heterocycles. The van der Waals surface area contributed by atoms with Gasteiger partial charge < -0.3 is 5.11 Å². The van der Waals surface area contributed by atoms with Gasteiger partial charge in [-0.05, 0) is 44.4 Å². The van der Waals surface area contributed by atoms with Gasteiger partial charge in [0.15, 0.2) is 0 Å². The molecule has 1 aliphatic rings. The maximum atomic E-state index is 9.57. The average molecular weight is 182 g/mol. The van der Waals surface area contributed by atoms with Crippen molar-refractivity contribution in [1.29, 1.82) is 0 Å². The fourth-order valence-electron chi connectivity index (χ4n) is 1.62. The highest BCUT2D eigenvalue weighted by Crippen LogP contribution is 2.34. The van der Waals surface area contributed by atoms with Gasteiger partial charge in [0.25, 0.3) is 0 Å². The first-order valence-electron chi connectivity index (χ1n) is 5.67. The van der Waals surface area contributed by atoms with Crippen molar-refractivity contribution in [1.82, 2.24) is 0 Å². The lowest BCUT2D eigenvalue weighted by Gasteiger charge is -2.07. The van der Waals surface area contributed by atoms with Gasteiger partial charge in [-0.25, -0.2) is 0 Å². The standard InChI is InChI=1S/C12H22O/c1-2-3-4-5-6-7-8-12(13)11-9-10-11/h3-4,11-13H,2,5-10H2,1H3/b4-3-. The van der Waals surface area contributed by atoms with Crippen molar-refractivity contribution in [2.45, 2.75) is 58.0 Å². The summed E-state index contributed by atoms with van der Waals surface area (Å²) in [5, 5.41) is 9.57. The molecule has 76 valence electrons. The van der Waals surface area contributed by atoms with Crippen LogP contribution in [0.2, 0.25) is 0 Å². The quantitative estimate of drug-likeness (QED) is 0.473. The van der Waals surface area contributed by atoms with Crippen LogP contribution in [-0.4, -0.2) is 11.2 Å². The number of aliphatic hydroxyl groups is 1. The summed E-state index contributed by atoms with van der Waals surface area (Å²) < 4.78 is 0. The summed E-state index contributed by atoms with van der Waals surface area (Å²) in [6.45, 7) is 2.16. The molecule has 0 radical (unpaired) electrons. The molecule has 1 unspecified atom stereocenters. The van der Waals surface area contributed by atoms with Gasteiger partial charge in [-0.1, -0.05) is 25.5 Å². The van der Waals surface area contributed by atoms with E-state index in [1.807, 2.05) is 0 Å². The second kappa shape index (κ2) is 6.20. The van der Waals surface area contributed by atoms with Crippen LogP contribution in [0.1, 0.15) is 51.9 Å². The Balaban J connectivity index is 1.85. The Morgan fingerprint density at radius 2 is 2.08 bits per heavy atom. The average Bonchev–Trinajstić information content (AvgIpc) is 2.93. The lowest BCUT2D eigenvalue weighted by Crippen LogP contribution is -2.08. The summed E-state index contributed by atoms with van der Waals surface area (Å²) in [6.07, 6.45) is 12.8. The van der Waals surface area contributed by atoms with Crippen LogP contribution < -0.4 is 0 Å². The van der Waals surface area contributed by atoms with E-state index in [0.717, 1.165) is 12.8 Å². The van der Waals surface area contributed by atoms with Gasteiger partial charge in [-0.2, -0.15) is 0 Å². The Kier molecular flexibility index (Phi) is 5.14. The highest BCUT2D eigenvalue weighted by molar-refractivity contribution is 4.82. The van der Waals surface area contributed by atoms with Crippen molar-refractivity contribution in [3.8, 4) is 0 Å². The van der Waals surface area contributed by atoms with E-state index in [-0.39, 0.29) is 6.10 Å². The van der Waals surface area contributed by atoms with Gasteiger partial charge in [-0.15, -0.1) is 0 Å². The lowest BCUT2D eigenvalue weighted by molar-refractivity contribution is 0.138. The van der Waals surface area contributed by atoms with Crippen molar-refractivity contribution >= 4 is 0 Å². The van der Waals surface area contributed by atoms with E-state index in [4.69, 9.17) is 0 Å². The summed E-state index contributed by atoms with van der Waals surface area (Å²) in [6, 6.07) is 0.